The molecule has 0 aliphatic carbocycles. The summed E-state index contributed by atoms with van der Waals surface area (Å²) in [7, 11) is 1.50. The van der Waals surface area contributed by atoms with Gasteiger partial charge in [-0.25, -0.2) is 0 Å². The minimum absolute atomic E-state index is 0.0640. The summed E-state index contributed by atoms with van der Waals surface area (Å²) in [6, 6.07) is 3.58. The van der Waals surface area contributed by atoms with Gasteiger partial charge in [0.05, 0.1) is 18.0 Å². The molecule has 0 unspecified atom stereocenters. The second-order valence-electron chi connectivity index (χ2n) is 5.86. The van der Waals surface area contributed by atoms with Gasteiger partial charge in [0.25, 0.3) is 0 Å². The number of methoxy groups -OCH3 is 1. The highest BCUT2D eigenvalue weighted by atomic mass is 79.9. The maximum atomic E-state index is 10.8. The van der Waals surface area contributed by atoms with Gasteiger partial charge < -0.3 is 14.9 Å². The number of aliphatic carboxylic acids is 1. The first-order chi connectivity index (χ1) is 9.65. The quantitative estimate of drug-likeness (QED) is 0.815. The van der Waals surface area contributed by atoms with Gasteiger partial charge in [-0.2, -0.15) is 0 Å². The number of aromatic hydroxyl groups is 1. The number of nitrogens with zero attached hydrogens (tertiary/aromatic N) is 1. The number of carbonyl (C=O) groups is 1. The third kappa shape index (κ3) is 5.21. The molecular formula is C15H22BrNO4. The first kappa shape index (κ1) is 17.8. The normalized spacial score (nSPS) is 11.7. The molecule has 0 saturated carbocycles. The molecule has 0 spiro atoms. The number of carboxylic acids is 1. The Kier molecular flexibility index (Phi) is 6.04. The number of hydrogen-bond donors (Lipinski definition) is 2. The molecule has 2 N–H and O–H groups in total. The van der Waals surface area contributed by atoms with Gasteiger partial charge in [0.2, 0.25) is 0 Å². The molecule has 5 nitrogen and oxygen atoms in total. The fourth-order valence-electron chi connectivity index (χ4n) is 1.98. The predicted octanol–water partition coefficient (Wildman–Crippen LogP) is 3.24. The Balaban J connectivity index is 2.98. The van der Waals surface area contributed by atoms with Gasteiger partial charge in [0.15, 0.2) is 11.5 Å². The standard InChI is InChI=1S/C15H22BrNO4/c1-15(2,3)17(6-5-13(18)19)9-10-7-11(16)14(20)12(8-10)21-4/h7-8,20H,5-6,9H2,1-4H3,(H,18,19). The summed E-state index contributed by atoms with van der Waals surface area (Å²) >= 11 is 3.30. The smallest absolute Gasteiger partial charge is 0.304 e. The minimum atomic E-state index is -0.811. The minimum Gasteiger partial charge on any atom is -0.503 e. The van der Waals surface area contributed by atoms with E-state index in [1.165, 1.54) is 7.11 Å². The van der Waals surface area contributed by atoms with E-state index in [0.29, 0.717) is 23.3 Å². The van der Waals surface area contributed by atoms with E-state index < -0.39 is 5.97 Å². The monoisotopic (exact) mass is 359 g/mol. The summed E-state index contributed by atoms with van der Waals surface area (Å²) in [6.07, 6.45) is 0.0909. The summed E-state index contributed by atoms with van der Waals surface area (Å²) in [4.78, 5) is 12.9. The van der Waals surface area contributed by atoms with Gasteiger partial charge in [0.1, 0.15) is 0 Å². The molecule has 0 aromatic heterocycles. The molecule has 0 bridgehead atoms. The van der Waals surface area contributed by atoms with E-state index in [1.807, 2.05) is 26.8 Å². The highest BCUT2D eigenvalue weighted by Gasteiger charge is 2.22. The number of ether oxygens (including phenoxy) is 1. The summed E-state index contributed by atoms with van der Waals surface area (Å²) < 4.78 is 5.70. The van der Waals surface area contributed by atoms with Gasteiger partial charge in [-0.15, -0.1) is 0 Å². The van der Waals surface area contributed by atoms with Crippen LogP contribution in [0.4, 0.5) is 0 Å². The van der Waals surface area contributed by atoms with Gasteiger partial charge in [-0.1, -0.05) is 0 Å². The zero-order valence-corrected chi connectivity index (χ0v) is 14.4. The predicted molar refractivity (Wildman–Crippen MR) is 84.8 cm³/mol. The number of carboxylic acid groups (broad SMARTS) is 1. The SMILES string of the molecule is COc1cc(CN(CCC(=O)O)C(C)(C)C)cc(Br)c1O. The largest absolute Gasteiger partial charge is 0.503 e. The van der Waals surface area contributed by atoms with Crippen molar-refractivity contribution in [3.8, 4) is 11.5 Å². The molecule has 0 radical (unpaired) electrons. The van der Waals surface area contributed by atoms with Crippen molar-refractivity contribution in [2.75, 3.05) is 13.7 Å². The third-order valence-corrected chi connectivity index (χ3v) is 3.83. The van der Waals surface area contributed by atoms with Crippen LogP contribution in [0.15, 0.2) is 16.6 Å². The molecule has 0 heterocycles. The Morgan fingerprint density at radius 1 is 1.38 bits per heavy atom. The third-order valence-electron chi connectivity index (χ3n) is 3.23. The van der Waals surface area contributed by atoms with E-state index in [9.17, 15) is 9.90 Å². The van der Waals surface area contributed by atoms with Crippen LogP contribution < -0.4 is 4.74 Å². The molecule has 0 saturated heterocycles. The molecule has 1 rings (SSSR count). The fraction of sp³-hybridized carbons (Fsp3) is 0.533. The van der Waals surface area contributed by atoms with Crippen molar-refractivity contribution in [3.05, 3.63) is 22.2 Å². The van der Waals surface area contributed by atoms with Gasteiger partial charge in [0, 0.05) is 18.6 Å². The van der Waals surface area contributed by atoms with Crippen LogP contribution in [-0.2, 0) is 11.3 Å². The van der Waals surface area contributed by atoms with Crippen molar-refractivity contribution in [2.24, 2.45) is 0 Å². The Bertz CT molecular complexity index is 511. The van der Waals surface area contributed by atoms with E-state index >= 15 is 0 Å². The molecular weight excluding hydrogens is 338 g/mol. The molecule has 118 valence electrons. The number of halogens is 1. The van der Waals surface area contributed by atoms with E-state index in [-0.39, 0.29) is 17.7 Å². The maximum Gasteiger partial charge on any atom is 0.304 e. The number of hydrogen-bond acceptors (Lipinski definition) is 4. The van der Waals surface area contributed by atoms with Crippen LogP contribution in [-0.4, -0.2) is 40.3 Å². The average molecular weight is 360 g/mol. The van der Waals surface area contributed by atoms with Crippen LogP contribution in [0.5, 0.6) is 11.5 Å². The first-order valence-electron chi connectivity index (χ1n) is 6.67. The van der Waals surface area contributed by atoms with Crippen molar-refractivity contribution < 1.29 is 19.7 Å². The van der Waals surface area contributed by atoms with Crippen LogP contribution in [0.2, 0.25) is 0 Å². The van der Waals surface area contributed by atoms with E-state index in [0.717, 1.165) is 5.56 Å². The molecule has 0 atom stereocenters. The Morgan fingerprint density at radius 2 is 2.00 bits per heavy atom. The molecule has 0 fully saturated rings. The summed E-state index contributed by atoms with van der Waals surface area (Å²) in [5.41, 5.74) is 0.782. The van der Waals surface area contributed by atoms with Gasteiger partial charge in [-0.05, 0) is 54.4 Å². The topological polar surface area (TPSA) is 70.0 Å². The molecule has 0 amide bonds. The number of phenolic OH excluding ortho intramolecular Hbond substituents is 1. The summed E-state index contributed by atoms with van der Waals surface area (Å²) in [5.74, 6) is -0.353. The zero-order valence-electron chi connectivity index (χ0n) is 12.8. The average Bonchev–Trinajstić information content (AvgIpc) is 2.36. The molecule has 1 aromatic carbocycles. The first-order valence-corrected chi connectivity index (χ1v) is 7.46. The van der Waals surface area contributed by atoms with Crippen LogP contribution in [0.3, 0.4) is 0 Å². The zero-order chi connectivity index (χ0) is 16.2. The lowest BCUT2D eigenvalue weighted by Gasteiger charge is -2.35. The summed E-state index contributed by atoms with van der Waals surface area (Å²) in [6.45, 7) is 7.16. The molecule has 1 aromatic rings. The Morgan fingerprint density at radius 3 is 2.48 bits per heavy atom. The maximum absolute atomic E-state index is 10.8. The van der Waals surface area contributed by atoms with Crippen molar-refractivity contribution >= 4 is 21.9 Å². The van der Waals surface area contributed by atoms with Crippen LogP contribution >= 0.6 is 15.9 Å². The van der Waals surface area contributed by atoms with Crippen LogP contribution in [0.25, 0.3) is 0 Å². The van der Waals surface area contributed by atoms with E-state index in [4.69, 9.17) is 9.84 Å². The molecule has 6 heteroatoms. The van der Waals surface area contributed by atoms with Crippen LogP contribution in [0, 0.1) is 0 Å². The Hall–Kier alpha value is -1.27. The molecule has 21 heavy (non-hydrogen) atoms. The van der Waals surface area contributed by atoms with Gasteiger partial charge in [-0.3, -0.25) is 9.69 Å². The van der Waals surface area contributed by atoms with E-state index in [2.05, 4.69) is 20.8 Å². The molecule has 0 aliphatic heterocycles. The van der Waals surface area contributed by atoms with Gasteiger partial charge >= 0.3 is 5.97 Å². The second kappa shape index (κ2) is 7.13. The second-order valence-corrected chi connectivity index (χ2v) is 6.72. The number of benzene rings is 1. The van der Waals surface area contributed by atoms with E-state index in [1.54, 1.807) is 6.07 Å². The number of phenols is 1. The summed E-state index contributed by atoms with van der Waals surface area (Å²) in [5, 5.41) is 18.7. The lowest BCUT2D eigenvalue weighted by Crippen LogP contribution is -2.42. The fourth-order valence-corrected chi connectivity index (χ4v) is 2.47. The van der Waals surface area contributed by atoms with Crippen molar-refractivity contribution in [1.82, 2.24) is 4.90 Å². The molecule has 0 aliphatic rings. The highest BCUT2D eigenvalue weighted by molar-refractivity contribution is 9.10. The lowest BCUT2D eigenvalue weighted by atomic mass is 10.0. The van der Waals surface area contributed by atoms with Crippen molar-refractivity contribution in [3.63, 3.8) is 0 Å². The lowest BCUT2D eigenvalue weighted by molar-refractivity contribution is -0.137. The Labute approximate surface area is 133 Å². The van der Waals surface area contributed by atoms with Crippen molar-refractivity contribution in [2.45, 2.75) is 39.3 Å². The van der Waals surface area contributed by atoms with Crippen LogP contribution in [0.1, 0.15) is 32.8 Å². The van der Waals surface area contributed by atoms with Crippen molar-refractivity contribution in [1.29, 1.82) is 0 Å². The highest BCUT2D eigenvalue weighted by Crippen LogP contribution is 2.36. The number of rotatable bonds is 6.